The minimum absolute atomic E-state index is 0.354. The zero-order chi connectivity index (χ0) is 12.3. The summed E-state index contributed by atoms with van der Waals surface area (Å²) in [7, 11) is 3.40. The molecule has 88 valence electrons. The van der Waals surface area contributed by atoms with Gasteiger partial charge in [0.15, 0.2) is 12.1 Å². The van der Waals surface area contributed by atoms with Crippen molar-refractivity contribution in [2.75, 3.05) is 19.5 Å². The highest BCUT2D eigenvalue weighted by Crippen LogP contribution is 1.98. The van der Waals surface area contributed by atoms with Gasteiger partial charge in [-0.2, -0.15) is 0 Å². The molecular formula is C10H21N3O2. The average Bonchev–Trinajstić information content (AvgIpc) is 2.60. The van der Waals surface area contributed by atoms with Crippen molar-refractivity contribution < 1.29 is 9.53 Å². The zero-order valence-corrected chi connectivity index (χ0v) is 10.2. The molecule has 1 aromatic rings. The van der Waals surface area contributed by atoms with E-state index in [0.29, 0.717) is 17.9 Å². The number of nitrogens with two attached hydrogens (primary N) is 1. The Balaban J connectivity index is 0. The van der Waals surface area contributed by atoms with Crippen molar-refractivity contribution in [2.24, 2.45) is 7.05 Å². The van der Waals surface area contributed by atoms with Gasteiger partial charge in [0, 0.05) is 27.0 Å². The number of aldehydes is 1. The number of hydrogen-bond acceptors (Lipinski definition) is 4. The van der Waals surface area contributed by atoms with E-state index in [4.69, 9.17) is 5.73 Å². The number of carbonyl (C=O) groups excluding carboxylic acids is 1. The molecule has 1 heterocycles. The minimum atomic E-state index is 0.354. The number of nitrogen functional groups attached to an aromatic ring is 1. The fourth-order valence-electron chi connectivity index (χ4n) is 0.614. The SMILES string of the molecule is CC.CCOC.Cn1cc(N)nc1C=O. The van der Waals surface area contributed by atoms with Gasteiger partial charge in [-0.25, -0.2) is 4.98 Å². The monoisotopic (exact) mass is 215 g/mol. The van der Waals surface area contributed by atoms with E-state index in [1.54, 1.807) is 24.9 Å². The first kappa shape index (κ1) is 16.1. The molecule has 5 nitrogen and oxygen atoms in total. The highest BCUT2D eigenvalue weighted by Gasteiger charge is 1.97. The third-order valence-corrected chi connectivity index (χ3v) is 1.33. The van der Waals surface area contributed by atoms with Gasteiger partial charge in [0.25, 0.3) is 0 Å². The lowest BCUT2D eigenvalue weighted by molar-refractivity contribution is 0.111. The van der Waals surface area contributed by atoms with Crippen LogP contribution in [0.1, 0.15) is 31.4 Å². The molecule has 0 spiro atoms. The van der Waals surface area contributed by atoms with Gasteiger partial charge in [0.2, 0.25) is 0 Å². The average molecular weight is 215 g/mol. The van der Waals surface area contributed by atoms with Crippen molar-refractivity contribution in [3.8, 4) is 0 Å². The zero-order valence-electron chi connectivity index (χ0n) is 10.2. The van der Waals surface area contributed by atoms with E-state index in [9.17, 15) is 4.79 Å². The molecule has 2 N–H and O–H groups in total. The van der Waals surface area contributed by atoms with Crippen molar-refractivity contribution >= 4 is 12.1 Å². The number of methoxy groups -OCH3 is 1. The van der Waals surface area contributed by atoms with E-state index in [1.807, 2.05) is 20.8 Å². The number of aryl methyl sites for hydroxylation is 1. The maximum atomic E-state index is 10.1. The molecule has 0 saturated heterocycles. The minimum Gasteiger partial charge on any atom is -0.385 e. The van der Waals surface area contributed by atoms with Gasteiger partial charge in [-0.1, -0.05) is 13.8 Å². The van der Waals surface area contributed by atoms with Crippen LogP contribution >= 0.6 is 0 Å². The third kappa shape index (κ3) is 7.69. The maximum absolute atomic E-state index is 10.1. The van der Waals surface area contributed by atoms with Gasteiger partial charge in [0.05, 0.1) is 0 Å². The Labute approximate surface area is 91.3 Å². The van der Waals surface area contributed by atoms with Crippen molar-refractivity contribution in [2.45, 2.75) is 20.8 Å². The normalized spacial score (nSPS) is 8.07. The van der Waals surface area contributed by atoms with E-state index in [0.717, 1.165) is 6.61 Å². The standard InChI is InChI=1S/C5H7N3O.C3H8O.C2H6/c1-8-2-4(6)7-5(8)3-9;1-3-4-2;1-2/h2-3H,6H2,1H3;3H2,1-2H3;1-2H3. The number of hydrogen-bond donors (Lipinski definition) is 1. The fraction of sp³-hybridized carbons (Fsp3) is 0.600. The Kier molecular flexibility index (Phi) is 11.5. The Morgan fingerprint density at radius 3 is 2.20 bits per heavy atom. The Hall–Kier alpha value is -1.36. The number of rotatable bonds is 2. The molecule has 0 atom stereocenters. The summed E-state index contributed by atoms with van der Waals surface area (Å²) in [6.45, 7) is 6.78. The predicted molar refractivity (Wildman–Crippen MR) is 61.9 cm³/mol. The van der Waals surface area contributed by atoms with Gasteiger partial charge < -0.3 is 15.0 Å². The molecule has 1 rings (SSSR count). The van der Waals surface area contributed by atoms with Crippen LogP contribution in [-0.4, -0.2) is 29.6 Å². The number of aromatic nitrogens is 2. The van der Waals surface area contributed by atoms with Crippen molar-refractivity contribution in [1.82, 2.24) is 9.55 Å². The second-order valence-corrected chi connectivity index (χ2v) is 2.33. The molecule has 0 aromatic carbocycles. The molecular weight excluding hydrogens is 194 g/mol. The topological polar surface area (TPSA) is 70.1 Å². The van der Waals surface area contributed by atoms with E-state index in [1.165, 1.54) is 0 Å². The molecule has 0 radical (unpaired) electrons. The Bertz CT molecular complexity index is 257. The van der Waals surface area contributed by atoms with Crippen molar-refractivity contribution in [1.29, 1.82) is 0 Å². The maximum Gasteiger partial charge on any atom is 0.185 e. The van der Waals surface area contributed by atoms with Crippen molar-refractivity contribution in [3.63, 3.8) is 0 Å². The third-order valence-electron chi connectivity index (χ3n) is 1.33. The van der Waals surface area contributed by atoms with Crippen LogP contribution in [0.5, 0.6) is 0 Å². The summed E-state index contributed by atoms with van der Waals surface area (Å²) >= 11 is 0. The molecule has 0 bridgehead atoms. The van der Waals surface area contributed by atoms with Crippen LogP contribution in [0.15, 0.2) is 6.20 Å². The van der Waals surface area contributed by atoms with Crippen LogP contribution in [0.2, 0.25) is 0 Å². The Morgan fingerprint density at radius 2 is 2.07 bits per heavy atom. The summed E-state index contributed by atoms with van der Waals surface area (Å²) in [6, 6.07) is 0. The second-order valence-electron chi connectivity index (χ2n) is 2.33. The number of carbonyl (C=O) groups is 1. The van der Waals surface area contributed by atoms with Crippen LogP contribution in [0.25, 0.3) is 0 Å². The van der Waals surface area contributed by atoms with Gasteiger partial charge in [0.1, 0.15) is 5.82 Å². The highest BCUT2D eigenvalue weighted by atomic mass is 16.5. The molecule has 1 aromatic heterocycles. The van der Waals surface area contributed by atoms with Gasteiger partial charge in [-0.15, -0.1) is 0 Å². The van der Waals surface area contributed by atoms with Crippen LogP contribution in [0.3, 0.4) is 0 Å². The molecule has 0 aliphatic rings. The van der Waals surface area contributed by atoms with Crippen LogP contribution in [-0.2, 0) is 11.8 Å². The predicted octanol–water partition coefficient (Wildman–Crippen LogP) is 1.49. The molecule has 0 aliphatic carbocycles. The van der Waals surface area contributed by atoms with E-state index >= 15 is 0 Å². The lowest BCUT2D eigenvalue weighted by Crippen LogP contribution is -1.92. The van der Waals surface area contributed by atoms with E-state index in [2.05, 4.69) is 9.72 Å². The number of imidazole rings is 1. The first-order valence-electron chi connectivity index (χ1n) is 4.88. The molecule has 15 heavy (non-hydrogen) atoms. The fourth-order valence-corrected chi connectivity index (χ4v) is 0.614. The lowest BCUT2D eigenvalue weighted by atomic mass is 10.7. The molecule has 5 heteroatoms. The van der Waals surface area contributed by atoms with Crippen LogP contribution < -0.4 is 5.73 Å². The lowest BCUT2D eigenvalue weighted by Gasteiger charge is -1.85. The van der Waals surface area contributed by atoms with Gasteiger partial charge in [-0.05, 0) is 6.92 Å². The summed E-state index contributed by atoms with van der Waals surface area (Å²) in [5.41, 5.74) is 5.26. The van der Waals surface area contributed by atoms with Crippen molar-refractivity contribution in [3.05, 3.63) is 12.0 Å². The number of ether oxygens (including phenoxy) is 1. The highest BCUT2D eigenvalue weighted by molar-refractivity contribution is 5.70. The first-order chi connectivity index (χ1) is 7.15. The van der Waals surface area contributed by atoms with Gasteiger partial charge >= 0.3 is 0 Å². The summed E-state index contributed by atoms with van der Waals surface area (Å²) < 4.78 is 6.11. The number of anilines is 1. The second kappa shape index (κ2) is 10.7. The summed E-state index contributed by atoms with van der Waals surface area (Å²) in [6.07, 6.45) is 2.25. The van der Waals surface area contributed by atoms with E-state index < -0.39 is 0 Å². The van der Waals surface area contributed by atoms with E-state index in [-0.39, 0.29) is 0 Å². The molecule has 0 saturated carbocycles. The molecule has 0 aliphatic heterocycles. The smallest absolute Gasteiger partial charge is 0.185 e. The van der Waals surface area contributed by atoms with Gasteiger partial charge in [-0.3, -0.25) is 4.79 Å². The summed E-state index contributed by atoms with van der Waals surface area (Å²) in [5, 5.41) is 0. The molecule has 0 amide bonds. The largest absolute Gasteiger partial charge is 0.385 e. The first-order valence-corrected chi connectivity index (χ1v) is 4.88. The molecule has 0 fully saturated rings. The summed E-state index contributed by atoms with van der Waals surface area (Å²) in [4.78, 5) is 13.8. The van der Waals surface area contributed by atoms with Crippen LogP contribution in [0, 0.1) is 0 Å². The Morgan fingerprint density at radius 1 is 1.60 bits per heavy atom. The molecule has 0 unspecified atom stereocenters. The van der Waals surface area contributed by atoms with Crippen LogP contribution in [0.4, 0.5) is 5.82 Å². The number of nitrogens with zero attached hydrogens (tertiary/aromatic N) is 2. The summed E-state index contributed by atoms with van der Waals surface area (Å²) in [5.74, 6) is 0.729. The quantitative estimate of drug-likeness (QED) is 0.759.